The molecule has 3 nitrogen and oxygen atoms in total. The van der Waals surface area contributed by atoms with Crippen molar-refractivity contribution in [2.45, 2.75) is 11.0 Å². The van der Waals surface area contributed by atoms with Gasteiger partial charge in [0.2, 0.25) is 0 Å². The van der Waals surface area contributed by atoms with Crippen LogP contribution in [0.25, 0.3) is 0 Å². The molecule has 0 radical (unpaired) electrons. The number of anilines is 1. The second-order valence-corrected chi connectivity index (χ2v) is 10.4. The van der Waals surface area contributed by atoms with Crippen molar-refractivity contribution in [2.75, 3.05) is 16.8 Å². The third-order valence-electron chi connectivity index (χ3n) is 4.13. The number of hydrogen-bond acceptors (Lipinski definition) is 5. The number of hydrogen-bond donors (Lipinski definition) is 1. The van der Waals surface area contributed by atoms with E-state index in [2.05, 4.69) is 22.4 Å². The maximum absolute atomic E-state index is 12.5. The van der Waals surface area contributed by atoms with Gasteiger partial charge in [0.15, 0.2) is 5.13 Å². The molecule has 1 saturated heterocycles. The van der Waals surface area contributed by atoms with Crippen LogP contribution < -0.4 is 5.32 Å². The molecule has 0 spiro atoms. The second kappa shape index (κ2) is 8.69. The molecular weight excluding hydrogens is 416 g/mol. The number of carbonyl (C=O) groups is 1. The number of rotatable bonds is 5. The van der Waals surface area contributed by atoms with Crippen molar-refractivity contribution < 1.29 is 4.79 Å². The summed E-state index contributed by atoms with van der Waals surface area (Å²) in [6.45, 7) is 0. The van der Waals surface area contributed by atoms with Crippen molar-refractivity contribution >= 4 is 57.5 Å². The lowest BCUT2D eigenvalue weighted by Crippen LogP contribution is -2.11. The van der Waals surface area contributed by atoms with E-state index in [1.807, 2.05) is 66.1 Å². The molecular formula is C20H17ClN2OS3. The summed E-state index contributed by atoms with van der Waals surface area (Å²) in [6, 6.07) is 15.7. The average Bonchev–Trinajstić information content (AvgIpc) is 3.36. The van der Waals surface area contributed by atoms with Crippen molar-refractivity contribution in [1.29, 1.82) is 0 Å². The molecule has 1 fully saturated rings. The lowest BCUT2D eigenvalue weighted by Gasteiger charge is -2.09. The van der Waals surface area contributed by atoms with E-state index >= 15 is 0 Å². The highest BCUT2D eigenvalue weighted by atomic mass is 35.5. The van der Waals surface area contributed by atoms with Gasteiger partial charge in [-0.05, 0) is 35.4 Å². The fourth-order valence-electron chi connectivity index (χ4n) is 2.76. The lowest BCUT2D eigenvalue weighted by atomic mass is 10.1. The lowest BCUT2D eigenvalue weighted by molar-refractivity contribution is 0.102. The zero-order chi connectivity index (χ0) is 18.6. The Bertz CT molecular complexity index is 919. The Morgan fingerprint density at radius 2 is 1.78 bits per heavy atom. The van der Waals surface area contributed by atoms with Gasteiger partial charge in [0.25, 0.3) is 5.91 Å². The largest absolute Gasteiger partial charge is 0.298 e. The van der Waals surface area contributed by atoms with Crippen LogP contribution in [0.1, 0.15) is 30.9 Å². The first-order valence-electron chi connectivity index (χ1n) is 8.51. The van der Waals surface area contributed by atoms with E-state index < -0.39 is 0 Å². The predicted molar refractivity (Wildman–Crippen MR) is 118 cm³/mol. The monoisotopic (exact) mass is 432 g/mol. The molecule has 0 unspecified atom stereocenters. The Morgan fingerprint density at radius 1 is 1.07 bits per heavy atom. The van der Waals surface area contributed by atoms with Gasteiger partial charge in [-0.2, -0.15) is 0 Å². The Hall–Kier alpha value is -1.47. The van der Waals surface area contributed by atoms with Crippen molar-refractivity contribution in [2.24, 2.45) is 0 Å². The first-order valence-corrected chi connectivity index (χ1v) is 11.8. The minimum absolute atomic E-state index is 0.124. The minimum Gasteiger partial charge on any atom is -0.298 e. The molecule has 1 N–H and O–H groups in total. The molecule has 1 aliphatic rings. The molecule has 0 atom stereocenters. The molecule has 1 aliphatic heterocycles. The molecule has 4 rings (SSSR count). The summed E-state index contributed by atoms with van der Waals surface area (Å²) in [7, 11) is 0. The van der Waals surface area contributed by atoms with E-state index in [9.17, 15) is 4.79 Å². The van der Waals surface area contributed by atoms with Gasteiger partial charge >= 0.3 is 0 Å². The van der Waals surface area contributed by atoms with Gasteiger partial charge in [-0.1, -0.05) is 35.9 Å². The first kappa shape index (κ1) is 18.9. The third-order valence-corrected chi connectivity index (χ3v) is 8.40. The summed E-state index contributed by atoms with van der Waals surface area (Å²) >= 11 is 11.3. The molecule has 0 aliphatic carbocycles. The number of halogens is 1. The van der Waals surface area contributed by atoms with E-state index in [4.69, 9.17) is 11.6 Å². The average molecular weight is 433 g/mol. The Balaban J connectivity index is 1.38. The van der Waals surface area contributed by atoms with E-state index in [1.54, 1.807) is 0 Å². The van der Waals surface area contributed by atoms with Crippen LogP contribution in [0.5, 0.6) is 0 Å². The molecule has 138 valence electrons. The van der Waals surface area contributed by atoms with Crippen LogP contribution in [0.2, 0.25) is 5.02 Å². The number of benzene rings is 2. The normalized spacial score (nSPS) is 14.4. The van der Waals surface area contributed by atoms with Gasteiger partial charge in [-0.3, -0.25) is 10.1 Å². The number of thioether (sulfide) groups is 2. The maximum atomic E-state index is 12.5. The summed E-state index contributed by atoms with van der Waals surface area (Å²) in [6.07, 6.45) is 2.59. The second-order valence-electron chi connectivity index (χ2n) is 6.08. The van der Waals surface area contributed by atoms with Gasteiger partial charge in [0, 0.05) is 39.6 Å². The van der Waals surface area contributed by atoms with Gasteiger partial charge in [-0.25, -0.2) is 4.98 Å². The zero-order valence-electron chi connectivity index (χ0n) is 14.4. The smallest absolute Gasteiger partial charge is 0.257 e. The predicted octanol–water partition coefficient (Wildman–Crippen LogP) is 6.12. The van der Waals surface area contributed by atoms with Crippen LogP contribution in [0.4, 0.5) is 5.13 Å². The highest BCUT2D eigenvalue weighted by Gasteiger charge is 2.18. The van der Waals surface area contributed by atoms with E-state index in [-0.39, 0.29) is 5.91 Å². The molecule has 3 aromatic rings. The SMILES string of the molecule is O=C(Nc1ncc(Cc2ccc(Cl)cc2)s1)c1ccc(C2SCCS2)cc1. The van der Waals surface area contributed by atoms with Crippen LogP contribution in [-0.4, -0.2) is 22.4 Å². The molecule has 7 heteroatoms. The molecule has 0 bridgehead atoms. The highest BCUT2D eigenvalue weighted by Crippen LogP contribution is 2.45. The van der Waals surface area contributed by atoms with Gasteiger partial charge in [-0.15, -0.1) is 34.9 Å². The standard InChI is InChI=1S/C20H17ClN2OS3/c21-16-7-1-13(2-8-16)11-17-12-22-20(27-17)23-18(24)14-3-5-15(6-4-14)19-25-9-10-26-19/h1-8,12,19H,9-11H2,(H,22,23,24). The summed E-state index contributed by atoms with van der Waals surface area (Å²) in [5, 5.41) is 4.25. The first-order chi connectivity index (χ1) is 13.2. The van der Waals surface area contributed by atoms with Gasteiger partial charge in [0.05, 0.1) is 4.58 Å². The number of aromatic nitrogens is 1. The Kier molecular flexibility index (Phi) is 6.08. The van der Waals surface area contributed by atoms with E-state index in [1.165, 1.54) is 34.0 Å². The molecule has 1 aromatic heterocycles. The van der Waals surface area contributed by atoms with Crippen LogP contribution in [0, 0.1) is 0 Å². The molecule has 1 amide bonds. The van der Waals surface area contributed by atoms with Gasteiger partial charge in [0.1, 0.15) is 0 Å². The van der Waals surface area contributed by atoms with Crippen LogP contribution >= 0.6 is 46.5 Å². The topological polar surface area (TPSA) is 42.0 Å². The quantitative estimate of drug-likeness (QED) is 0.527. The summed E-state index contributed by atoms with van der Waals surface area (Å²) < 4.78 is 0.497. The number of nitrogens with zero attached hydrogens (tertiary/aromatic N) is 1. The van der Waals surface area contributed by atoms with Crippen molar-refractivity contribution in [3.05, 3.63) is 81.3 Å². The number of amides is 1. The summed E-state index contributed by atoms with van der Waals surface area (Å²) in [5.41, 5.74) is 3.10. The van der Waals surface area contributed by atoms with Crippen molar-refractivity contribution in [3.63, 3.8) is 0 Å². The molecule has 2 heterocycles. The summed E-state index contributed by atoms with van der Waals surface area (Å²) in [4.78, 5) is 17.9. The fraction of sp³-hybridized carbons (Fsp3) is 0.200. The van der Waals surface area contributed by atoms with Crippen molar-refractivity contribution in [1.82, 2.24) is 4.98 Å². The minimum atomic E-state index is -0.124. The van der Waals surface area contributed by atoms with E-state index in [0.717, 1.165) is 16.3 Å². The number of thiazole rings is 1. The van der Waals surface area contributed by atoms with Gasteiger partial charge < -0.3 is 0 Å². The van der Waals surface area contributed by atoms with Crippen molar-refractivity contribution in [3.8, 4) is 0 Å². The maximum Gasteiger partial charge on any atom is 0.257 e. The van der Waals surface area contributed by atoms with Crippen LogP contribution in [0.15, 0.2) is 54.7 Å². The fourth-order valence-corrected chi connectivity index (χ4v) is 6.59. The molecule has 2 aromatic carbocycles. The van der Waals surface area contributed by atoms with E-state index in [0.29, 0.717) is 15.3 Å². The summed E-state index contributed by atoms with van der Waals surface area (Å²) in [5.74, 6) is 2.26. The Labute approximate surface area is 175 Å². The zero-order valence-corrected chi connectivity index (χ0v) is 17.6. The number of carbonyl (C=O) groups excluding carboxylic acids is 1. The highest BCUT2D eigenvalue weighted by molar-refractivity contribution is 8.19. The number of nitrogens with one attached hydrogen (secondary N) is 1. The molecule has 0 saturated carbocycles. The van der Waals surface area contributed by atoms with Crippen LogP contribution in [-0.2, 0) is 6.42 Å². The molecule has 27 heavy (non-hydrogen) atoms. The van der Waals surface area contributed by atoms with Crippen LogP contribution in [0.3, 0.4) is 0 Å². The Morgan fingerprint density at radius 3 is 2.48 bits per heavy atom. The third kappa shape index (κ3) is 4.88.